The van der Waals surface area contributed by atoms with Crippen molar-refractivity contribution in [3.63, 3.8) is 0 Å². The number of rotatable bonds is 10. The molecule has 3 nitrogen and oxygen atoms in total. The maximum Gasteiger partial charge on any atom is 0.261 e. The third kappa shape index (κ3) is 5.61. The first-order valence-electron chi connectivity index (χ1n) is 10.2. The first kappa shape index (κ1) is 23.0. The largest absolute Gasteiger partial charge is 0.401 e. The fraction of sp³-hybridized carbons (Fsp3) is 0.360. The molecule has 4 heteroatoms. The molecule has 29 heavy (non-hydrogen) atoms. The Balaban J connectivity index is 2.62. The van der Waals surface area contributed by atoms with Gasteiger partial charge in [0.05, 0.1) is 6.10 Å². The SMILES string of the molecule is C[C@H](CC=O)C[C@@H](/C=C/C=O)O[Si](c1ccccc1)(c1ccccc1)C(C)(C)C. The average Bonchev–Trinajstić information content (AvgIpc) is 2.70. The minimum Gasteiger partial charge on any atom is -0.401 e. The third-order valence-corrected chi connectivity index (χ3v) is 10.3. The Hall–Kier alpha value is -2.30. The standard InChI is InChI=1S/C25H32O3Si/c1-21(17-19-27)20-22(12-11-18-26)28-29(25(2,3)4,23-13-7-5-8-14-23)24-15-9-6-10-16-24/h5-16,18-19,21-22H,17,20H2,1-4H3/b12-11+/t21-,22-/m1/s1. The van der Waals surface area contributed by atoms with Gasteiger partial charge in [-0.15, -0.1) is 0 Å². The van der Waals surface area contributed by atoms with E-state index in [-0.39, 0.29) is 17.1 Å². The summed E-state index contributed by atoms with van der Waals surface area (Å²) in [5.74, 6) is 0.173. The Morgan fingerprint density at radius 2 is 1.45 bits per heavy atom. The highest BCUT2D eigenvalue weighted by Crippen LogP contribution is 2.38. The fourth-order valence-electron chi connectivity index (χ4n) is 3.91. The molecule has 0 heterocycles. The predicted molar refractivity (Wildman–Crippen MR) is 122 cm³/mol. The van der Waals surface area contributed by atoms with E-state index in [1.807, 2.05) is 25.1 Å². The van der Waals surface area contributed by atoms with E-state index in [9.17, 15) is 9.59 Å². The molecule has 0 aliphatic rings. The third-order valence-electron chi connectivity index (χ3n) is 5.28. The summed E-state index contributed by atoms with van der Waals surface area (Å²) in [7, 11) is -2.71. The van der Waals surface area contributed by atoms with E-state index in [0.717, 1.165) is 12.6 Å². The lowest BCUT2D eigenvalue weighted by Crippen LogP contribution is -2.67. The molecule has 2 aromatic rings. The second kappa shape index (κ2) is 10.5. The van der Waals surface area contributed by atoms with Crippen LogP contribution in [0.25, 0.3) is 0 Å². The van der Waals surface area contributed by atoms with Crippen molar-refractivity contribution in [1.29, 1.82) is 0 Å². The van der Waals surface area contributed by atoms with Crippen LogP contribution in [-0.4, -0.2) is 27.0 Å². The van der Waals surface area contributed by atoms with Gasteiger partial charge in [-0.1, -0.05) is 94.4 Å². The Morgan fingerprint density at radius 1 is 0.931 bits per heavy atom. The summed E-state index contributed by atoms with van der Waals surface area (Å²) < 4.78 is 7.07. The van der Waals surface area contributed by atoms with Gasteiger partial charge >= 0.3 is 0 Å². The molecule has 0 aromatic heterocycles. The summed E-state index contributed by atoms with van der Waals surface area (Å²) in [5.41, 5.74) is 0. The Labute approximate surface area is 175 Å². The van der Waals surface area contributed by atoms with Crippen LogP contribution in [0, 0.1) is 5.92 Å². The number of hydrogen-bond donors (Lipinski definition) is 0. The van der Waals surface area contributed by atoms with Crippen LogP contribution in [0.3, 0.4) is 0 Å². The molecule has 0 radical (unpaired) electrons. The molecule has 0 aliphatic heterocycles. The van der Waals surface area contributed by atoms with E-state index in [0.29, 0.717) is 12.8 Å². The van der Waals surface area contributed by atoms with Crippen molar-refractivity contribution < 1.29 is 14.0 Å². The summed E-state index contributed by atoms with van der Waals surface area (Å²) >= 11 is 0. The van der Waals surface area contributed by atoms with Crippen LogP contribution in [0.15, 0.2) is 72.8 Å². The van der Waals surface area contributed by atoms with E-state index in [1.165, 1.54) is 16.4 Å². The molecule has 2 aromatic carbocycles. The van der Waals surface area contributed by atoms with Gasteiger partial charge in [-0.3, -0.25) is 4.79 Å². The second-order valence-corrected chi connectivity index (χ2v) is 12.8. The van der Waals surface area contributed by atoms with Crippen LogP contribution in [0.1, 0.15) is 40.5 Å². The van der Waals surface area contributed by atoms with Crippen molar-refractivity contribution in [3.8, 4) is 0 Å². The molecule has 2 rings (SSSR count). The first-order chi connectivity index (χ1) is 13.8. The molecule has 0 saturated carbocycles. The van der Waals surface area contributed by atoms with E-state index in [4.69, 9.17) is 4.43 Å². The van der Waals surface area contributed by atoms with Gasteiger partial charge in [0, 0.05) is 6.42 Å². The molecule has 2 atom stereocenters. The van der Waals surface area contributed by atoms with Crippen LogP contribution < -0.4 is 10.4 Å². The Morgan fingerprint density at radius 3 is 1.86 bits per heavy atom. The average molecular weight is 409 g/mol. The molecule has 0 spiro atoms. The molecule has 154 valence electrons. The van der Waals surface area contributed by atoms with E-state index in [2.05, 4.69) is 69.3 Å². The molecule has 0 N–H and O–H groups in total. The number of benzene rings is 2. The highest BCUT2D eigenvalue weighted by molar-refractivity contribution is 6.99. The second-order valence-electron chi connectivity index (χ2n) is 8.58. The van der Waals surface area contributed by atoms with Crippen LogP contribution in [0.2, 0.25) is 5.04 Å². The molecule has 0 aliphatic carbocycles. The molecular formula is C25H32O3Si. The fourth-order valence-corrected chi connectivity index (χ4v) is 8.55. The number of hydrogen-bond acceptors (Lipinski definition) is 3. The maximum absolute atomic E-state index is 11.0. The van der Waals surface area contributed by atoms with Crippen molar-refractivity contribution in [1.82, 2.24) is 0 Å². The van der Waals surface area contributed by atoms with Gasteiger partial charge in [-0.2, -0.15) is 0 Å². The highest BCUT2D eigenvalue weighted by Gasteiger charge is 2.51. The normalized spacial score (nSPS) is 14.5. The van der Waals surface area contributed by atoms with E-state index < -0.39 is 8.32 Å². The number of carbonyl (C=O) groups excluding carboxylic acids is 2. The van der Waals surface area contributed by atoms with Crippen molar-refractivity contribution in [3.05, 3.63) is 72.8 Å². The summed E-state index contributed by atoms with van der Waals surface area (Å²) in [6, 6.07) is 20.9. The molecule has 0 unspecified atom stereocenters. The summed E-state index contributed by atoms with van der Waals surface area (Å²) in [5, 5.41) is 2.26. The summed E-state index contributed by atoms with van der Waals surface area (Å²) in [4.78, 5) is 22.0. The molecule has 0 saturated heterocycles. The lowest BCUT2D eigenvalue weighted by atomic mass is 10.0. The Bertz CT molecular complexity index is 754. The van der Waals surface area contributed by atoms with Crippen molar-refractivity contribution in [2.24, 2.45) is 5.92 Å². The molecule has 0 amide bonds. The zero-order valence-corrected chi connectivity index (χ0v) is 18.9. The molecule has 0 bridgehead atoms. The van der Waals surface area contributed by atoms with E-state index in [1.54, 1.807) is 0 Å². The smallest absolute Gasteiger partial charge is 0.261 e. The van der Waals surface area contributed by atoms with Gasteiger partial charge in [0.1, 0.15) is 12.6 Å². The van der Waals surface area contributed by atoms with E-state index >= 15 is 0 Å². The van der Waals surface area contributed by atoms with Crippen LogP contribution in [0.4, 0.5) is 0 Å². The number of carbonyl (C=O) groups is 2. The zero-order chi connectivity index (χ0) is 21.3. The predicted octanol–water partition coefficient (Wildman–Crippen LogP) is 4.30. The van der Waals surface area contributed by atoms with Gasteiger partial charge < -0.3 is 9.22 Å². The number of allylic oxidation sites excluding steroid dienone is 1. The van der Waals surface area contributed by atoms with Gasteiger partial charge in [0.25, 0.3) is 8.32 Å². The molecule has 0 fully saturated rings. The van der Waals surface area contributed by atoms with Gasteiger partial charge in [-0.05, 0) is 33.8 Å². The maximum atomic E-state index is 11.0. The lowest BCUT2D eigenvalue weighted by Gasteiger charge is -2.45. The van der Waals surface area contributed by atoms with Crippen LogP contribution >= 0.6 is 0 Å². The van der Waals surface area contributed by atoms with Gasteiger partial charge in [0.2, 0.25) is 0 Å². The lowest BCUT2D eigenvalue weighted by molar-refractivity contribution is -0.108. The minimum absolute atomic E-state index is 0.142. The van der Waals surface area contributed by atoms with Crippen molar-refractivity contribution >= 4 is 31.3 Å². The van der Waals surface area contributed by atoms with Crippen molar-refractivity contribution in [2.45, 2.75) is 51.7 Å². The minimum atomic E-state index is -2.71. The monoisotopic (exact) mass is 408 g/mol. The zero-order valence-electron chi connectivity index (χ0n) is 17.9. The first-order valence-corrected chi connectivity index (χ1v) is 12.1. The Kier molecular flexibility index (Phi) is 8.29. The van der Waals surface area contributed by atoms with Crippen LogP contribution in [0.5, 0.6) is 0 Å². The molecular weight excluding hydrogens is 376 g/mol. The number of aldehydes is 2. The van der Waals surface area contributed by atoms with Gasteiger partial charge in [-0.25, -0.2) is 0 Å². The van der Waals surface area contributed by atoms with Crippen molar-refractivity contribution in [2.75, 3.05) is 0 Å². The summed E-state index contributed by atoms with van der Waals surface area (Å²) in [6.07, 6.45) is 6.01. The summed E-state index contributed by atoms with van der Waals surface area (Å²) in [6.45, 7) is 8.74. The topological polar surface area (TPSA) is 43.4 Å². The highest BCUT2D eigenvalue weighted by atomic mass is 28.4. The van der Waals surface area contributed by atoms with Gasteiger partial charge in [0.15, 0.2) is 0 Å². The quantitative estimate of drug-likeness (QED) is 0.334. The van der Waals surface area contributed by atoms with Crippen LogP contribution in [-0.2, 0) is 14.0 Å².